The first-order valence-electron chi connectivity index (χ1n) is 12.2. The molecule has 0 N–H and O–H groups in total. The summed E-state index contributed by atoms with van der Waals surface area (Å²) in [6.07, 6.45) is 4.05. The molecule has 2 aromatic carbocycles. The average molecular weight is 508 g/mol. The number of piperidine rings is 1. The first-order chi connectivity index (χ1) is 17.7. The molecule has 0 aliphatic carbocycles. The van der Waals surface area contributed by atoms with Gasteiger partial charge in [-0.1, -0.05) is 12.1 Å². The van der Waals surface area contributed by atoms with Gasteiger partial charge in [0.1, 0.15) is 12.4 Å². The van der Waals surface area contributed by atoms with Crippen molar-refractivity contribution in [3.63, 3.8) is 0 Å². The molecule has 1 saturated heterocycles. The van der Waals surface area contributed by atoms with Gasteiger partial charge in [0.15, 0.2) is 0 Å². The number of esters is 1. The van der Waals surface area contributed by atoms with E-state index in [9.17, 15) is 23.6 Å². The number of ketones is 1. The summed E-state index contributed by atoms with van der Waals surface area (Å²) < 4.78 is 19.6. The summed E-state index contributed by atoms with van der Waals surface area (Å²) in [6.45, 7) is 1.03. The molecule has 0 spiro atoms. The third-order valence-electron chi connectivity index (χ3n) is 6.84. The van der Waals surface area contributed by atoms with Crippen LogP contribution in [-0.2, 0) is 27.3 Å². The number of fused-ring (bicyclic) bond motifs is 1. The minimum Gasteiger partial charge on any atom is -0.468 e. The number of methoxy groups -OCH3 is 1. The van der Waals surface area contributed by atoms with Gasteiger partial charge < -0.3 is 19.1 Å². The highest BCUT2D eigenvalue weighted by molar-refractivity contribution is 6.43. The molecule has 2 amide bonds. The van der Waals surface area contributed by atoms with Crippen LogP contribution >= 0.6 is 0 Å². The van der Waals surface area contributed by atoms with Gasteiger partial charge >= 0.3 is 5.97 Å². The van der Waals surface area contributed by atoms with Gasteiger partial charge in [0.25, 0.3) is 11.8 Å². The average Bonchev–Trinajstić information content (AvgIpc) is 3.26. The Balaban J connectivity index is 1.57. The molecule has 0 atom stereocenters. The number of Topliss-reactive ketones (excluding diaryl/α,β-unsaturated/α-hetero) is 1. The third kappa shape index (κ3) is 5.71. The van der Waals surface area contributed by atoms with Crippen molar-refractivity contribution in [3.8, 4) is 0 Å². The summed E-state index contributed by atoms with van der Waals surface area (Å²) in [7, 11) is 4.29. The fourth-order valence-corrected chi connectivity index (χ4v) is 4.73. The van der Waals surface area contributed by atoms with Gasteiger partial charge in [-0.2, -0.15) is 0 Å². The lowest BCUT2D eigenvalue weighted by Crippen LogP contribution is -2.38. The van der Waals surface area contributed by atoms with Crippen molar-refractivity contribution in [1.29, 1.82) is 0 Å². The predicted molar refractivity (Wildman–Crippen MR) is 136 cm³/mol. The van der Waals surface area contributed by atoms with Crippen LogP contribution in [0.5, 0.6) is 0 Å². The molecule has 0 unspecified atom stereocenters. The fourth-order valence-electron chi connectivity index (χ4n) is 4.73. The van der Waals surface area contributed by atoms with Crippen LogP contribution in [0.25, 0.3) is 10.9 Å². The van der Waals surface area contributed by atoms with Crippen LogP contribution in [-0.4, -0.2) is 72.2 Å². The highest BCUT2D eigenvalue weighted by atomic mass is 19.1. The smallest absolute Gasteiger partial charge is 0.325 e. The molecule has 2 heterocycles. The van der Waals surface area contributed by atoms with Crippen LogP contribution in [0, 0.1) is 11.7 Å². The Hall–Kier alpha value is -4.01. The SMILES string of the molecule is COC(=O)Cn1cc(C(=O)N2CCC(Cc3ccc(F)cc3)CC2)c2cc(C(=O)C(=O)N(C)C)ccc21. The normalized spacial score (nSPS) is 14.0. The second-order valence-corrected chi connectivity index (χ2v) is 9.57. The van der Waals surface area contributed by atoms with E-state index in [1.807, 2.05) is 0 Å². The molecule has 1 aliphatic heterocycles. The maximum atomic E-state index is 13.6. The number of rotatable bonds is 7. The van der Waals surface area contributed by atoms with E-state index in [1.54, 1.807) is 39.9 Å². The largest absolute Gasteiger partial charge is 0.468 e. The van der Waals surface area contributed by atoms with Crippen molar-refractivity contribution in [3.05, 3.63) is 71.2 Å². The molecular formula is C28H30FN3O5. The van der Waals surface area contributed by atoms with Crippen LogP contribution < -0.4 is 0 Å². The predicted octanol–water partition coefficient (Wildman–Crippen LogP) is 3.32. The molecule has 3 aromatic rings. The van der Waals surface area contributed by atoms with E-state index in [2.05, 4.69) is 0 Å². The van der Waals surface area contributed by atoms with Crippen LogP contribution in [0.15, 0.2) is 48.7 Å². The number of nitrogens with zero attached hydrogens (tertiary/aromatic N) is 3. The van der Waals surface area contributed by atoms with E-state index < -0.39 is 17.7 Å². The maximum absolute atomic E-state index is 13.6. The van der Waals surface area contributed by atoms with Crippen molar-refractivity contribution < 1.29 is 28.3 Å². The minimum atomic E-state index is -0.673. The summed E-state index contributed by atoms with van der Waals surface area (Å²) >= 11 is 0. The number of hydrogen-bond donors (Lipinski definition) is 0. The lowest BCUT2D eigenvalue weighted by molar-refractivity contribution is -0.141. The number of carbonyl (C=O) groups is 4. The number of benzene rings is 2. The van der Waals surface area contributed by atoms with E-state index in [1.165, 1.54) is 44.3 Å². The number of hydrogen-bond acceptors (Lipinski definition) is 5. The Labute approximate surface area is 214 Å². The zero-order valence-corrected chi connectivity index (χ0v) is 21.2. The number of likely N-dealkylation sites (tertiary alicyclic amines) is 1. The Morgan fingerprint density at radius 2 is 1.70 bits per heavy atom. The summed E-state index contributed by atoms with van der Waals surface area (Å²) in [5.74, 6) is -1.88. The number of halogens is 1. The first-order valence-corrected chi connectivity index (χ1v) is 12.2. The molecule has 8 nitrogen and oxygen atoms in total. The molecule has 37 heavy (non-hydrogen) atoms. The molecule has 1 aliphatic rings. The van der Waals surface area contributed by atoms with Crippen LogP contribution in [0.4, 0.5) is 4.39 Å². The number of amides is 2. The molecule has 1 fully saturated rings. The Morgan fingerprint density at radius 3 is 2.32 bits per heavy atom. The van der Waals surface area contributed by atoms with Crippen LogP contribution in [0.2, 0.25) is 0 Å². The van der Waals surface area contributed by atoms with Gasteiger partial charge in [-0.15, -0.1) is 0 Å². The molecule has 1 aromatic heterocycles. The molecule has 9 heteroatoms. The second-order valence-electron chi connectivity index (χ2n) is 9.57. The van der Waals surface area contributed by atoms with Gasteiger partial charge in [0, 0.05) is 49.8 Å². The second kappa shape index (κ2) is 10.9. The Morgan fingerprint density at radius 1 is 1.03 bits per heavy atom. The van der Waals surface area contributed by atoms with E-state index in [0.717, 1.165) is 24.8 Å². The van der Waals surface area contributed by atoms with Crippen molar-refractivity contribution >= 4 is 34.5 Å². The van der Waals surface area contributed by atoms with E-state index in [4.69, 9.17) is 4.74 Å². The van der Waals surface area contributed by atoms with Crippen LogP contribution in [0.1, 0.15) is 39.1 Å². The number of ether oxygens (including phenoxy) is 1. The zero-order valence-electron chi connectivity index (χ0n) is 21.2. The molecular weight excluding hydrogens is 477 g/mol. The van der Waals surface area contributed by atoms with E-state index >= 15 is 0 Å². The summed E-state index contributed by atoms with van der Waals surface area (Å²) in [5, 5.41) is 0.500. The molecule has 4 rings (SSSR count). The lowest BCUT2D eigenvalue weighted by Gasteiger charge is -2.32. The van der Waals surface area contributed by atoms with Gasteiger partial charge in [-0.25, -0.2) is 4.39 Å². The fraction of sp³-hybridized carbons (Fsp3) is 0.357. The number of aromatic nitrogens is 1. The summed E-state index contributed by atoms with van der Waals surface area (Å²) in [6, 6.07) is 11.2. The molecule has 194 valence electrons. The van der Waals surface area contributed by atoms with Crippen molar-refractivity contribution in [2.45, 2.75) is 25.8 Å². The van der Waals surface area contributed by atoms with E-state index in [0.29, 0.717) is 35.5 Å². The van der Waals surface area contributed by atoms with Crippen LogP contribution in [0.3, 0.4) is 0 Å². The molecule has 0 radical (unpaired) electrons. The molecule has 0 saturated carbocycles. The van der Waals surface area contributed by atoms with E-state index in [-0.39, 0.29) is 23.8 Å². The van der Waals surface area contributed by atoms with Crippen molar-refractivity contribution in [2.24, 2.45) is 5.92 Å². The first kappa shape index (κ1) is 26.1. The minimum absolute atomic E-state index is 0.0933. The lowest BCUT2D eigenvalue weighted by atomic mass is 9.90. The summed E-state index contributed by atoms with van der Waals surface area (Å²) in [5.41, 5.74) is 2.20. The quantitative estimate of drug-likeness (QED) is 0.278. The number of likely N-dealkylation sites (N-methyl/N-ethyl adjacent to an activating group) is 1. The molecule has 0 bridgehead atoms. The topological polar surface area (TPSA) is 88.9 Å². The van der Waals surface area contributed by atoms with Gasteiger partial charge in [-0.05, 0) is 61.1 Å². The van der Waals surface area contributed by atoms with Crippen molar-refractivity contribution in [2.75, 3.05) is 34.3 Å². The standard InChI is InChI=1S/C28H30FN3O5/c1-30(2)28(36)26(34)20-6-9-24-22(15-20)23(16-32(24)17-25(33)37-3)27(35)31-12-10-19(11-13-31)14-18-4-7-21(29)8-5-18/h4-9,15-16,19H,10-14,17H2,1-3H3. The van der Waals surface area contributed by atoms with Gasteiger partial charge in [-0.3, -0.25) is 19.2 Å². The Bertz CT molecular complexity index is 1340. The maximum Gasteiger partial charge on any atom is 0.325 e. The highest BCUT2D eigenvalue weighted by Gasteiger charge is 2.27. The van der Waals surface area contributed by atoms with Gasteiger partial charge in [0.2, 0.25) is 5.78 Å². The third-order valence-corrected chi connectivity index (χ3v) is 6.84. The van der Waals surface area contributed by atoms with Gasteiger partial charge in [0.05, 0.1) is 12.7 Å². The number of carbonyl (C=O) groups excluding carboxylic acids is 4. The summed E-state index contributed by atoms with van der Waals surface area (Å²) in [4.78, 5) is 53.5. The highest BCUT2D eigenvalue weighted by Crippen LogP contribution is 2.28. The van der Waals surface area contributed by atoms with Crippen molar-refractivity contribution in [1.82, 2.24) is 14.4 Å². The zero-order chi connectivity index (χ0) is 26.7. The Kier molecular flexibility index (Phi) is 7.71. The monoisotopic (exact) mass is 507 g/mol.